The summed E-state index contributed by atoms with van der Waals surface area (Å²) in [4.78, 5) is 0. The zero-order valence-electron chi connectivity index (χ0n) is 10.3. The Bertz CT molecular complexity index is 356. The van der Waals surface area contributed by atoms with Gasteiger partial charge in [0.15, 0.2) is 0 Å². The lowest BCUT2D eigenvalue weighted by atomic mass is 9.91. The molecule has 0 aromatic heterocycles. The van der Waals surface area contributed by atoms with Gasteiger partial charge in [-0.15, -0.1) is 0 Å². The number of hydrogen-bond acceptors (Lipinski definition) is 2. The molecule has 2 unspecified atom stereocenters. The van der Waals surface area contributed by atoms with Crippen molar-refractivity contribution in [2.24, 2.45) is 5.92 Å². The van der Waals surface area contributed by atoms with Crippen molar-refractivity contribution in [3.05, 3.63) is 29.8 Å². The van der Waals surface area contributed by atoms with E-state index in [1.165, 1.54) is 5.56 Å². The molecule has 0 bridgehead atoms. The predicted molar refractivity (Wildman–Crippen MR) is 67.2 cm³/mol. The quantitative estimate of drug-likeness (QED) is 0.872. The summed E-state index contributed by atoms with van der Waals surface area (Å²) in [5, 5.41) is 3.25. The molecule has 1 aliphatic heterocycles. The Hall–Kier alpha value is -1.09. The summed E-state index contributed by atoms with van der Waals surface area (Å²) >= 11 is 0. The minimum atomic E-state index is -0.684. The third kappa shape index (κ3) is 3.43. The van der Waals surface area contributed by atoms with Crippen LogP contribution in [0.25, 0.3) is 0 Å². The van der Waals surface area contributed by atoms with E-state index in [0.717, 1.165) is 31.7 Å². The third-order valence-electron chi connectivity index (χ3n) is 3.43. The zero-order chi connectivity index (χ0) is 12.1. The molecule has 1 N–H and O–H groups in total. The first-order valence-electron chi connectivity index (χ1n) is 6.27. The average Bonchev–Trinajstić information content (AvgIpc) is 2.55. The zero-order valence-corrected chi connectivity index (χ0v) is 10.3. The largest absolute Gasteiger partial charge is 0.497 e. The first-order valence-corrected chi connectivity index (χ1v) is 6.27. The molecule has 1 heterocycles. The Morgan fingerprint density at radius 1 is 1.35 bits per heavy atom. The first kappa shape index (κ1) is 12.4. The Morgan fingerprint density at radius 3 is 3.00 bits per heavy atom. The van der Waals surface area contributed by atoms with Gasteiger partial charge in [0.05, 0.1) is 7.11 Å². The Balaban J connectivity index is 2.02. The minimum absolute atomic E-state index is 0.136. The van der Waals surface area contributed by atoms with Crippen LogP contribution >= 0.6 is 0 Å². The molecule has 2 atom stereocenters. The molecule has 1 saturated heterocycles. The van der Waals surface area contributed by atoms with Gasteiger partial charge >= 0.3 is 0 Å². The highest BCUT2D eigenvalue weighted by Crippen LogP contribution is 2.24. The Kier molecular flexibility index (Phi) is 4.37. The molecule has 2 rings (SSSR count). The average molecular weight is 237 g/mol. The minimum Gasteiger partial charge on any atom is -0.497 e. The van der Waals surface area contributed by atoms with Crippen LogP contribution in [0.4, 0.5) is 4.39 Å². The first-order chi connectivity index (χ1) is 8.29. The highest BCUT2D eigenvalue weighted by atomic mass is 19.1. The third-order valence-corrected chi connectivity index (χ3v) is 3.43. The van der Waals surface area contributed by atoms with Gasteiger partial charge in [0, 0.05) is 0 Å². The van der Waals surface area contributed by atoms with Gasteiger partial charge in [-0.2, -0.15) is 0 Å². The predicted octanol–water partition coefficient (Wildman–Crippen LogP) is 2.58. The molecule has 0 spiro atoms. The molecular formula is C14H20FNO. The number of rotatable bonds is 3. The van der Waals surface area contributed by atoms with Gasteiger partial charge in [-0.1, -0.05) is 12.1 Å². The van der Waals surface area contributed by atoms with Crippen molar-refractivity contribution in [3.63, 3.8) is 0 Å². The number of benzene rings is 1. The molecule has 0 aliphatic carbocycles. The summed E-state index contributed by atoms with van der Waals surface area (Å²) in [7, 11) is 1.66. The fourth-order valence-electron chi connectivity index (χ4n) is 2.40. The van der Waals surface area contributed by atoms with E-state index in [4.69, 9.17) is 4.74 Å². The topological polar surface area (TPSA) is 21.3 Å². The van der Waals surface area contributed by atoms with Crippen molar-refractivity contribution in [1.29, 1.82) is 0 Å². The maximum absolute atomic E-state index is 13.9. The van der Waals surface area contributed by atoms with E-state index in [0.29, 0.717) is 6.42 Å². The molecule has 0 radical (unpaired) electrons. The molecule has 1 aromatic carbocycles. The molecule has 0 saturated carbocycles. The molecule has 0 amide bonds. The summed E-state index contributed by atoms with van der Waals surface area (Å²) in [6, 6.07) is 7.94. The second-order valence-corrected chi connectivity index (χ2v) is 4.66. The number of methoxy groups -OCH3 is 1. The van der Waals surface area contributed by atoms with Gasteiger partial charge in [0.25, 0.3) is 0 Å². The van der Waals surface area contributed by atoms with Crippen LogP contribution in [0.2, 0.25) is 0 Å². The van der Waals surface area contributed by atoms with E-state index >= 15 is 0 Å². The monoisotopic (exact) mass is 237 g/mol. The summed E-state index contributed by atoms with van der Waals surface area (Å²) < 4.78 is 19.1. The van der Waals surface area contributed by atoms with E-state index < -0.39 is 6.17 Å². The standard InChI is InChI=1S/C14H20FNO/c1-17-13-4-2-3-11(10-13)9-12-5-7-16-8-6-14(12)15/h2-4,10,12,14,16H,5-9H2,1H3. The van der Waals surface area contributed by atoms with Gasteiger partial charge in [0.1, 0.15) is 11.9 Å². The maximum Gasteiger partial charge on any atom is 0.119 e. The molecule has 1 fully saturated rings. The second-order valence-electron chi connectivity index (χ2n) is 4.66. The van der Waals surface area contributed by atoms with Crippen molar-refractivity contribution in [2.75, 3.05) is 20.2 Å². The summed E-state index contributed by atoms with van der Waals surface area (Å²) in [6.45, 7) is 1.73. The molecular weight excluding hydrogens is 217 g/mol. The van der Waals surface area contributed by atoms with E-state index in [2.05, 4.69) is 5.32 Å². The SMILES string of the molecule is COc1cccc(CC2CCNCCC2F)c1. The smallest absolute Gasteiger partial charge is 0.119 e. The lowest BCUT2D eigenvalue weighted by molar-refractivity contribution is 0.219. The normalized spacial score (nSPS) is 25.3. The molecule has 1 aliphatic rings. The van der Waals surface area contributed by atoms with E-state index in [9.17, 15) is 4.39 Å². The van der Waals surface area contributed by atoms with Crippen LogP contribution in [0, 0.1) is 5.92 Å². The summed E-state index contributed by atoms with van der Waals surface area (Å²) in [5.41, 5.74) is 1.17. The van der Waals surface area contributed by atoms with Gasteiger partial charge < -0.3 is 10.1 Å². The Morgan fingerprint density at radius 2 is 2.18 bits per heavy atom. The van der Waals surface area contributed by atoms with E-state index in [1.807, 2.05) is 24.3 Å². The number of halogens is 1. The van der Waals surface area contributed by atoms with Crippen molar-refractivity contribution >= 4 is 0 Å². The van der Waals surface area contributed by atoms with Gasteiger partial charge in [-0.3, -0.25) is 0 Å². The van der Waals surface area contributed by atoms with Crippen molar-refractivity contribution in [1.82, 2.24) is 5.32 Å². The van der Waals surface area contributed by atoms with Crippen LogP contribution in [0.3, 0.4) is 0 Å². The van der Waals surface area contributed by atoms with Crippen LogP contribution in [0.5, 0.6) is 5.75 Å². The number of hydrogen-bond donors (Lipinski definition) is 1. The van der Waals surface area contributed by atoms with Gasteiger partial charge in [-0.05, 0) is 56.0 Å². The molecule has 17 heavy (non-hydrogen) atoms. The highest BCUT2D eigenvalue weighted by molar-refractivity contribution is 5.28. The maximum atomic E-state index is 13.9. The fourth-order valence-corrected chi connectivity index (χ4v) is 2.40. The molecule has 94 valence electrons. The lowest BCUT2D eigenvalue weighted by Gasteiger charge is -2.18. The van der Waals surface area contributed by atoms with Crippen molar-refractivity contribution < 1.29 is 9.13 Å². The molecule has 2 nitrogen and oxygen atoms in total. The highest BCUT2D eigenvalue weighted by Gasteiger charge is 2.23. The Labute approximate surface area is 102 Å². The van der Waals surface area contributed by atoms with Gasteiger partial charge in [-0.25, -0.2) is 4.39 Å². The number of alkyl halides is 1. The lowest BCUT2D eigenvalue weighted by Crippen LogP contribution is -2.18. The summed E-state index contributed by atoms with van der Waals surface area (Å²) in [5.74, 6) is 0.988. The number of ether oxygens (including phenoxy) is 1. The van der Waals surface area contributed by atoms with Gasteiger partial charge in [0.2, 0.25) is 0 Å². The van der Waals surface area contributed by atoms with Crippen LogP contribution in [-0.4, -0.2) is 26.4 Å². The second kappa shape index (κ2) is 6.01. The summed E-state index contributed by atoms with van der Waals surface area (Å²) in [6.07, 6.45) is 1.67. The van der Waals surface area contributed by atoms with Crippen LogP contribution < -0.4 is 10.1 Å². The van der Waals surface area contributed by atoms with Crippen LogP contribution in [0.1, 0.15) is 18.4 Å². The van der Waals surface area contributed by atoms with Crippen molar-refractivity contribution in [2.45, 2.75) is 25.4 Å². The fraction of sp³-hybridized carbons (Fsp3) is 0.571. The van der Waals surface area contributed by atoms with Crippen molar-refractivity contribution in [3.8, 4) is 5.75 Å². The van der Waals surface area contributed by atoms with Crippen LogP contribution in [-0.2, 0) is 6.42 Å². The molecule has 3 heteroatoms. The van der Waals surface area contributed by atoms with E-state index in [-0.39, 0.29) is 5.92 Å². The number of nitrogens with one attached hydrogen (secondary N) is 1. The molecule has 1 aromatic rings. The van der Waals surface area contributed by atoms with E-state index in [1.54, 1.807) is 7.11 Å². The van der Waals surface area contributed by atoms with Crippen LogP contribution in [0.15, 0.2) is 24.3 Å².